The largest absolute Gasteiger partial charge is 0.395 e. The van der Waals surface area contributed by atoms with Gasteiger partial charge < -0.3 is 15.0 Å². The molecule has 0 aliphatic carbocycles. The van der Waals surface area contributed by atoms with Gasteiger partial charge in [0.15, 0.2) is 0 Å². The van der Waals surface area contributed by atoms with Crippen LogP contribution in [0.1, 0.15) is 17.0 Å². The van der Waals surface area contributed by atoms with Gasteiger partial charge in [0.1, 0.15) is 0 Å². The summed E-state index contributed by atoms with van der Waals surface area (Å²) in [7, 11) is 1.63. The van der Waals surface area contributed by atoms with Crippen molar-refractivity contribution in [2.75, 3.05) is 20.2 Å². The van der Waals surface area contributed by atoms with Crippen LogP contribution < -0.4 is 5.69 Å². The quantitative estimate of drug-likeness (QED) is 0.733. The summed E-state index contributed by atoms with van der Waals surface area (Å²) in [6.07, 6.45) is 0.179. The van der Waals surface area contributed by atoms with Gasteiger partial charge in [-0.2, -0.15) is 4.98 Å². The molecule has 2 N–H and O–H groups in total. The van der Waals surface area contributed by atoms with Crippen LogP contribution in [-0.2, 0) is 11.2 Å². The Morgan fingerprint density at radius 2 is 2.12 bits per heavy atom. The minimum absolute atomic E-state index is 0.0654. The van der Waals surface area contributed by atoms with Crippen molar-refractivity contribution in [1.29, 1.82) is 0 Å². The number of nitrogens with one attached hydrogen (secondary N) is 1. The van der Waals surface area contributed by atoms with Gasteiger partial charge in [-0.1, -0.05) is 0 Å². The summed E-state index contributed by atoms with van der Waals surface area (Å²) in [5, 5.41) is 8.74. The molecule has 0 aliphatic rings. The average molecular weight is 239 g/mol. The zero-order chi connectivity index (χ0) is 13.0. The van der Waals surface area contributed by atoms with E-state index in [4.69, 9.17) is 5.11 Å². The first kappa shape index (κ1) is 13.4. The Bertz CT molecular complexity index is 441. The number of rotatable bonds is 4. The van der Waals surface area contributed by atoms with Crippen molar-refractivity contribution in [2.24, 2.45) is 0 Å². The third-order valence-electron chi connectivity index (χ3n) is 2.64. The van der Waals surface area contributed by atoms with Crippen LogP contribution in [0.3, 0.4) is 0 Å². The summed E-state index contributed by atoms with van der Waals surface area (Å²) >= 11 is 0. The lowest BCUT2D eigenvalue weighted by Gasteiger charge is -2.16. The number of likely N-dealkylation sites (N-methyl/N-ethyl adjacent to an activating group) is 1. The second kappa shape index (κ2) is 5.58. The maximum Gasteiger partial charge on any atom is 0.345 e. The van der Waals surface area contributed by atoms with E-state index in [-0.39, 0.29) is 18.9 Å². The highest BCUT2D eigenvalue weighted by molar-refractivity contribution is 5.78. The Morgan fingerprint density at radius 1 is 1.47 bits per heavy atom. The van der Waals surface area contributed by atoms with Crippen molar-refractivity contribution in [1.82, 2.24) is 14.9 Å². The molecule has 1 aromatic rings. The van der Waals surface area contributed by atoms with Crippen molar-refractivity contribution in [3.05, 3.63) is 27.4 Å². The number of carbonyl (C=O) groups excluding carboxylic acids is 1. The number of aromatic amines is 1. The maximum atomic E-state index is 11.8. The molecule has 1 heterocycles. The first-order valence-corrected chi connectivity index (χ1v) is 5.37. The van der Waals surface area contributed by atoms with Gasteiger partial charge in [0.2, 0.25) is 5.91 Å². The fraction of sp³-hybridized carbons (Fsp3) is 0.545. The molecule has 1 amide bonds. The smallest absolute Gasteiger partial charge is 0.345 e. The highest BCUT2D eigenvalue weighted by atomic mass is 16.3. The van der Waals surface area contributed by atoms with E-state index in [1.807, 2.05) is 0 Å². The molecule has 0 saturated heterocycles. The van der Waals surface area contributed by atoms with E-state index in [1.54, 1.807) is 20.9 Å². The molecule has 6 nitrogen and oxygen atoms in total. The van der Waals surface area contributed by atoms with Gasteiger partial charge in [0, 0.05) is 30.5 Å². The van der Waals surface area contributed by atoms with Crippen molar-refractivity contribution >= 4 is 5.91 Å². The zero-order valence-corrected chi connectivity index (χ0v) is 10.3. The van der Waals surface area contributed by atoms with Crippen molar-refractivity contribution in [2.45, 2.75) is 20.3 Å². The van der Waals surface area contributed by atoms with Gasteiger partial charge in [-0.3, -0.25) is 4.79 Å². The number of aromatic nitrogens is 2. The van der Waals surface area contributed by atoms with E-state index < -0.39 is 5.69 Å². The third kappa shape index (κ3) is 3.39. The van der Waals surface area contributed by atoms with E-state index in [0.717, 1.165) is 5.56 Å². The van der Waals surface area contributed by atoms with Crippen LogP contribution >= 0.6 is 0 Å². The molecule has 17 heavy (non-hydrogen) atoms. The molecule has 94 valence electrons. The Morgan fingerprint density at radius 3 is 2.65 bits per heavy atom. The number of nitrogens with zero attached hydrogens (tertiary/aromatic N) is 2. The number of hydrogen-bond acceptors (Lipinski definition) is 4. The second-order valence-corrected chi connectivity index (χ2v) is 3.95. The van der Waals surface area contributed by atoms with Crippen LogP contribution in [0.25, 0.3) is 0 Å². The fourth-order valence-corrected chi connectivity index (χ4v) is 1.58. The summed E-state index contributed by atoms with van der Waals surface area (Å²) in [6.45, 7) is 3.68. The highest BCUT2D eigenvalue weighted by Crippen LogP contribution is 2.08. The van der Waals surface area contributed by atoms with Gasteiger partial charge in [0.25, 0.3) is 0 Å². The number of aryl methyl sites for hydroxylation is 2. The van der Waals surface area contributed by atoms with Crippen LogP contribution in [0.15, 0.2) is 4.79 Å². The monoisotopic (exact) mass is 239 g/mol. The standard InChI is InChI=1S/C11H17N3O3/c1-7-9(8(2)13-11(17)12-7)6-10(16)14(3)4-5-15/h15H,4-6H2,1-3H3,(H,12,13,17). The Hall–Kier alpha value is -1.69. The van der Waals surface area contributed by atoms with E-state index in [0.29, 0.717) is 17.9 Å². The van der Waals surface area contributed by atoms with Crippen LogP contribution in [0.5, 0.6) is 0 Å². The predicted molar refractivity (Wildman–Crippen MR) is 62.8 cm³/mol. The first-order valence-electron chi connectivity index (χ1n) is 5.37. The van der Waals surface area contributed by atoms with E-state index >= 15 is 0 Å². The molecule has 0 saturated carbocycles. The van der Waals surface area contributed by atoms with Crippen molar-refractivity contribution in [3.63, 3.8) is 0 Å². The van der Waals surface area contributed by atoms with Gasteiger partial charge in [0.05, 0.1) is 13.0 Å². The fourth-order valence-electron chi connectivity index (χ4n) is 1.58. The number of carbonyl (C=O) groups is 1. The van der Waals surface area contributed by atoms with E-state index in [9.17, 15) is 9.59 Å². The van der Waals surface area contributed by atoms with Gasteiger partial charge in [-0.15, -0.1) is 0 Å². The van der Waals surface area contributed by atoms with Crippen LogP contribution in [0.4, 0.5) is 0 Å². The number of amides is 1. The van der Waals surface area contributed by atoms with Crippen molar-refractivity contribution in [3.8, 4) is 0 Å². The molecule has 0 spiro atoms. The topological polar surface area (TPSA) is 86.3 Å². The molecule has 0 bridgehead atoms. The number of H-pyrrole nitrogens is 1. The third-order valence-corrected chi connectivity index (χ3v) is 2.64. The Balaban J connectivity index is 2.89. The summed E-state index contributed by atoms with van der Waals surface area (Å²) < 4.78 is 0. The summed E-state index contributed by atoms with van der Waals surface area (Å²) in [5.41, 5.74) is 1.56. The number of aliphatic hydroxyl groups excluding tert-OH is 1. The lowest BCUT2D eigenvalue weighted by atomic mass is 10.1. The van der Waals surface area contributed by atoms with Gasteiger partial charge >= 0.3 is 5.69 Å². The highest BCUT2D eigenvalue weighted by Gasteiger charge is 2.13. The second-order valence-electron chi connectivity index (χ2n) is 3.95. The molecule has 0 unspecified atom stereocenters. The Labute approximate surface area is 99.3 Å². The predicted octanol–water partition coefficient (Wildman–Crippen LogP) is -0.620. The molecule has 1 rings (SSSR count). The number of hydrogen-bond donors (Lipinski definition) is 2. The molecular weight excluding hydrogens is 222 g/mol. The van der Waals surface area contributed by atoms with E-state index in [2.05, 4.69) is 9.97 Å². The molecule has 0 radical (unpaired) electrons. The molecule has 0 aromatic carbocycles. The average Bonchev–Trinajstić information content (AvgIpc) is 2.23. The lowest BCUT2D eigenvalue weighted by Crippen LogP contribution is -2.31. The summed E-state index contributed by atoms with van der Waals surface area (Å²) in [4.78, 5) is 30.7. The maximum absolute atomic E-state index is 11.8. The normalized spacial score (nSPS) is 10.4. The summed E-state index contributed by atoms with van der Waals surface area (Å²) in [5.74, 6) is -0.112. The minimum atomic E-state index is -0.403. The molecule has 1 aromatic heterocycles. The number of aliphatic hydroxyl groups is 1. The van der Waals surface area contributed by atoms with Crippen LogP contribution in [-0.4, -0.2) is 46.1 Å². The SMILES string of the molecule is Cc1nc(=O)[nH]c(C)c1CC(=O)N(C)CCO. The molecule has 0 aliphatic heterocycles. The van der Waals surface area contributed by atoms with Gasteiger partial charge in [-0.25, -0.2) is 4.79 Å². The van der Waals surface area contributed by atoms with Crippen molar-refractivity contribution < 1.29 is 9.90 Å². The van der Waals surface area contributed by atoms with E-state index in [1.165, 1.54) is 4.90 Å². The minimum Gasteiger partial charge on any atom is -0.395 e. The van der Waals surface area contributed by atoms with Crippen LogP contribution in [0, 0.1) is 13.8 Å². The van der Waals surface area contributed by atoms with Crippen LogP contribution in [0.2, 0.25) is 0 Å². The molecule has 6 heteroatoms. The van der Waals surface area contributed by atoms with Gasteiger partial charge in [-0.05, 0) is 13.8 Å². The first-order chi connectivity index (χ1) is 7.95. The zero-order valence-electron chi connectivity index (χ0n) is 10.3. The molecular formula is C11H17N3O3. The molecule has 0 fully saturated rings. The molecule has 0 atom stereocenters. The Kier molecular flexibility index (Phi) is 4.39. The summed E-state index contributed by atoms with van der Waals surface area (Å²) in [6, 6.07) is 0. The lowest BCUT2D eigenvalue weighted by molar-refractivity contribution is -0.129.